The number of aromatic nitrogens is 1. The highest BCUT2D eigenvalue weighted by Gasteiger charge is 2.21. The van der Waals surface area contributed by atoms with Gasteiger partial charge in [-0.3, -0.25) is 14.2 Å². The van der Waals surface area contributed by atoms with Crippen molar-refractivity contribution in [2.24, 2.45) is 7.05 Å². The van der Waals surface area contributed by atoms with Gasteiger partial charge in [0.1, 0.15) is 11.3 Å². The van der Waals surface area contributed by atoms with Gasteiger partial charge in [-0.1, -0.05) is 30.3 Å². The largest absolute Gasteiger partial charge is 0.507 e. The number of aromatic hydroxyl groups is 1. The van der Waals surface area contributed by atoms with Crippen molar-refractivity contribution in [3.63, 3.8) is 0 Å². The molecule has 0 saturated carbocycles. The maximum atomic E-state index is 12.4. The van der Waals surface area contributed by atoms with Crippen LogP contribution in [0.1, 0.15) is 27.2 Å². The topological polar surface area (TPSA) is 94.8 Å². The lowest BCUT2D eigenvalue weighted by Crippen LogP contribution is -2.25. The number of carbonyl (C=O) groups excluding carboxylic acids is 1. The first-order valence-electron chi connectivity index (χ1n) is 8.12. The van der Waals surface area contributed by atoms with Crippen LogP contribution in [0.3, 0.4) is 0 Å². The number of ketones is 1. The summed E-state index contributed by atoms with van der Waals surface area (Å²) in [5, 5.41) is 9.96. The van der Waals surface area contributed by atoms with E-state index in [0.29, 0.717) is 16.8 Å². The zero-order chi connectivity index (χ0) is 20.2. The summed E-state index contributed by atoms with van der Waals surface area (Å²) in [6.45, 7) is 1.66. The number of aryl methyl sites for hydroxylation is 1. The van der Waals surface area contributed by atoms with Crippen LogP contribution in [0.4, 0.5) is 0 Å². The van der Waals surface area contributed by atoms with Crippen molar-refractivity contribution in [2.75, 3.05) is 14.2 Å². The number of benzene rings is 1. The third-order valence-corrected chi connectivity index (χ3v) is 6.07. The smallest absolute Gasteiger partial charge is 0.334 e. The van der Waals surface area contributed by atoms with E-state index >= 15 is 0 Å². The lowest BCUT2D eigenvalue weighted by molar-refractivity contribution is 0.104. The van der Waals surface area contributed by atoms with Crippen LogP contribution < -0.4 is 5.56 Å². The molecule has 0 radical (unpaired) electrons. The summed E-state index contributed by atoms with van der Waals surface area (Å²) in [7, 11) is 0.974. The van der Waals surface area contributed by atoms with Gasteiger partial charge in [0.25, 0.3) is 5.56 Å². The van der Waals surface area contributed by atoms with Gasteiger partial charge in [-0.2, -0.15) is 0 Å². The first-order chi connectivity index (χ1) is 12.7. The minimum Gasteiger partial charge on any atom is -0.507 e. The molecule has 0 fully saturated rings. The summed E-state index contributed by atoms with van der Waals surface area (Å²) >= 11 is 0. The average Bonchev–Trinajstić information content (AvgIpc) is 2.64. The highest BCUT2D eigenvalue weighted by molar-refractivity contribution is 7.52. The SMILES string of the molecule is COP(=O)(Cc1cccc(C=CC(=O)c2c(O)cc(C)n(C)c2=O)c1)OC. The quantitative estimate of drug-likeness (QED) is 0.442. The van der Waals surface area contributed by atoms with E-state index in [1.807, 2.05) is 0 Å². The predicted octanol–water partition coefficient (Wildman–Crippen LogP) is 3.28. The van der Waals surface area contributed by atoms with E-state index in [2.05, 4.69) is 0 Å². The maximum absolute atomic E-state index is 12.4. The molecule has 0 amide bonds. The molecule has 0 bridgehead atoms. The van der Waals surface area contributed by atoms with Crippen molar-refractivity contribution in [2.45, 2.75) is 13.1 Å². The molecule has 1 N–H and O–H groups in total. The summed E-state index contributed by atoms with van der Waals surface area (Å²) in [5.41, 5.74) is 1.09. The van der Waals surface area contributed by atoms with E-state index in [1.54, 1.807) is 31.2 Å². The maximum Gasteiger partial charge on any atom is 0.334 e. The summed E-state index contributed by atoms with van der Waals surface area (Å²) in [5.74, 6) is -0.946. The van der Waals surface area contributed by atoms with Gasteiger partial charge in [0.15, 0.2) is 5.78 Å². The van der Waals surface area contributed by atoms with Crippen LogP contribution in [0.5, 0.6) is 5.75 Å². The molecule has 0 unspecified atom stereocenters. The van der Waals surface area contributed by atoms with Crippen LogP contribution in [0.2, 0.25) is 0 Å². The van der Waals surface area contributed by atoms with E-state index < -0.39 is 18.9 Å². The molecule has 27 heavy (non-hydrogen) atoms. The van der Waals surface area contributed by atoms with Gasteiger partial charge in [0, 0.05) is 33.0 Å². The van der Waals surface area contributed by atoms with Gasteiger partial charge in [-0.15, -0.1) is 0 Å². The van der Waals surface area contributed by atoms with Gasteiger partial charge in [-0.05, 0) is 24.1 Å². The van der Waals surface area contributed by atoms with Gasteiger partial charge in [-0.25, -0.2) is 0 Å². The number of allylic oxidation sites excluding steroid dienone is 1. The van der Waals surface area contributed by atoms with Gasteiger partial charge >= 0.3 is 7.60 Å². The molecule has 2 aromatic rings. The number of rotatable bonds is 7. The Morgan fingerprint density at radius 3 is 2.56 bits per heavy atom. The Bertz CT molecular complexity index is 984. The molecular formula is C19H22NO6P. The second-order valence-electron chi connectivity index (χ2n) is 5.99. The number of hydrogen-bond acceptors (Lipinski definition) is 6. The Morgan fingerprint density at radius 1 is 1.26 bits per heavy atom. The van der Waals surface area contributed by atoms with Crippen molar-refractivity contribution in [1.29, 1.82) is 0 Å². The van der Waals surface area contributed by atoms with Crippen molar-refractivity contribution in [1.82, 2.24) is 4.57 Å². The summed E-state index contributed by atoms with van der Waals surface area (Å²) < 4.78 is 23.4. The number of carbonyl (C=O) groups is 1. The summed E-state index contributed by atoms with van der Waals surface area (Å²) in [6.07, 6.45) is 2.83. The van der Waals surface area contributed by atoms with E-state index in [4.69, 9.17) is 9.05 Å². The zero-order valence-electron chi connectivity index (χ0n) is 15.6. The fourth-order valence-corrected chi connectivity index (χ4v) is 3.56. The molecule has 2 rings (SSSR count). The summed E-state index contributed by atoms with van der Waals surface area (Å²) in [4.78, 5) is 24.6. The minimum absolute atomic E-state index is 0.0922. The molecule has 144 valence electrons. The normalized spacial score (nSPS) is 11.9. The molecule has 8 heteroatoms. The first kappa shape index (κ1) is 20.8. The van der Waals surface area contributed by atoms with Crippen LogP contribution in [0.25, 0.3) is 6.08 Å². The molecule has 0 saturated heterocycles. The third kappa shape index (κ3) is 4.83. The minimum atomic E-state index is -3.20. The Morgan fingerprint density at radius 2 is 1.93 bits per heavy atom. The van der Waals surface area contributed by atoms with Crippen molar-refractivity contribution in [3.05, 3.63) is 69.1 Å². The van der Waals surface area contributed by atoms with E-state index in [9.17, 15) is 19.3 Å². The third-order valence-electron chi connectivity index (χ3n) is 4.21. The molecule has 0 spiro atoms. The Labute approximate surface area is 157 Å². The Balaban J connectivity index is 2.28. The van der Waals surface area contributed by atoms with Crippen LogP contribution in [0.15, 0.2) is 41.2 Å². The highest BCUT2D eigenvalue weighted by atomic mass is 31.2. The number of pyridine rings is 1. The lowest BCUT2D eigenvalue weighted by Gasteiger charge is -2.13. The first-order valence-corrected chi connectivity index (χ1v) is 9.85. The molecule has 1 aromatic heterocycles. The molecular weight excluding hydrogens is 369 g/mol. The fraction of sp³-hybridized carbons (Fsp3) is 0.263. The van der Waals surface area contributed by atoms with Crippen LogP contribution >= 0.6 is 7.60 Å². The molecule has 1 aromatic carbocycles. The van der Waals surface area contributed by atoms with Crippen molar-refractivity contribution < 1.29 is 23.5 Å². The fourth-order valence-electron chi connectivity index (χ4n) is 2.51. The predicted molar refractivity (Wildman–Crippen MR) is 103 cm³/mol. The van der Waals surface area contributed by atoms with E-state index in [1.165, 1.54) is 44.1 Å². The highest BCUT2D eigenvalue weighted by Crippen LogP contribution is 2.49. The average molecular weight is 391 g/mol. The van der Waals surface area contributed by atoms with Gasteiger partial charge in [0.2, 0.25) is 0 Å². The Hall–Kier alpha value is -2.47. The summed E-state index contributed by atoms with van der Waals surface area (Å²) in [6, 6.07) is 8.38. The number of nitrogens with zero attached hydrogens (tertiary/aromatic N) is 1. The standard InChI is InChI=1S/C19H22NO6P/c1-13-10-17(22)18(19(23)20(13)2)16(21)9-8-14-6-5-7-15(11-14)12-27(24,25-3)26-4/h5-11,22H,12H2,1-4H3. The molecule has 0 aliphatic rings. The second-order valence-corrected chi connectivity index (χ2v) is 8.26. The van der Waals surface area contributed by atoms with E-state index in [-0.39, 0.29) is 17.5 Å². The van der Waals surface area contributed by atoms with E-state index in [0.717, 1.165) is 0 Å². The molecule has 0 aliphatic carbocycles. The second kappa shape index (κ2) is 8.48. The van der Waals surface area contributed by atoms with Crippen molar-refractivity contribution >= 4 is 19.5 Å². The van der Waals surface area contributed by atoms with Crippen molar-refractivity contribution in [3.8, 4) is 5.75 Å². The monoisotopic (exact) mass is 391 g/mol. The molecule has 0 atom stereocenters. The lowest BCUT2D eigenvalue weighted by atomic mass is 10.1. The van der Waals surface area contributed by atoms with Gasteiger partial charge < -0.3 is 18.7 Å². The van der Waals surface area contributed by atoms with Gasteiger partial charge in [0.05, 0.1) is 6.16 Å². The van der Waals surface area contributed by atoms with Crippen LogP contribution in [-0.4, -0.2) is 29.7 Å². The molecule has 0 aliphatic heterocycles. The number of hydrogen-bond donors (Lipinski definition) is 1. The van der Waals surface area contributed by atoms with Crippen LogP contribution in [-0.2, 0) is 26.8 Å². The molecule has 1 heterocycles. The zero-order valence-corrected chi connectivity index (χ0v) is 16.5. The van der Waals surface area contributed by atoms with Crippen LogP contribution in [0, 0.1) is 6.92 Å². The molecule has 7 nitrogen and oxygen atoms in total. The Kier molecular flexibility index (Phi) is 6.54.